The summed E-state index contributed by atoms with van der Waals surface area (Å²) < 4.78 is 0. The molecule has 0 N–H and O–H groups in total. The van der Waals surface area contributed by atoms with Crippen molar-refractivity contribution in [3.05, 3.63) is 181 Å². The number of allylic oxidation sites excluding steroid dienone is 3. The Kier molecular flexibility index (Phi) is 10.8. The van der Waals surface area contributed by atoms with E-state index >= 15 is 0 Å². The maximum absolute atomic E-state index is 5.38. The molecule has 0 spiro atoms. The fourth-order valence-electron chi connectivity index (χ4n) is 7.77. The largest absolute Gasteiger partial charge is 2.00 e. The molecule has 5 heteroatoms. The van der Waals surface area contributed by atoms with Gasteiger partial charge in [0.15, 0.2) is 0 Å². The van der Waals surface area contributed by atoms with E-state index in [4.69, 9.17) is 19.9 Å². The van der Waals surface area contributed by atoms with E-state index in [0.717, 1.165) is 97.5 Å². The molecular formula is C50H42N4Zn. The summed E-state index contributed by atoms with van der Waals surface area (Å²) in [6, 6.07) is 36.4. The quantitative estimate of drug-likeness (QED) is 0.103. The van der Waals surface area contributed by atoms with Crippen LogP contribution in [0, 0.1) is 13.8 Å². The molecule has 0 amide bonds. The molecule has 8 bridgehead atoms. The predicted octanol–water partition coefficient (Wildman–Crippen LogP) is 12.5. The Morgan fingerprint density at radius 3 is 1.42 bits per heavy atom. The fourth-order valence-corrected chi connectivity index (χ4v) is 7.77. The summed E-state index contributed by atoms with van der Waals surface area (Å²) >= 11 is 0. The summed E-state index contributed by atoms with van der Waals surface area (Å²) in [6.07, 6.45) is 16.8. The molecule has 0 saturated heterocycles. The van der Waals surface area contributed by atoms with Crippen molar-refractivity contribution in [2.24, 2.45) is 0 Å². The zero-order valence-electron chi connectivity index (χ0n) is 31.6. The van der Waals surface area contributed by atoms with Crippen LogP contribution in [-0.2, 0) is 24.9 Å². The van der Waals surface area contributed by atoms with Gasteiger partial charge in [-0.25, -0.2) is 9.97 Å². The second kappa shape index (κ2) is 15.8. The van der Waals surface area contributed by atoms with Crippen LogP contribution in [0.3, 0.4) is 0 Å². The number of fused-ring (bicyclic) bond motifs is 8. The Hall–Kier alpha value is -5.90. The third-order valence-corrected chi connectivity index (χ3v) is 10.5. The predicted molar refractivity (Wildman–Crippen MR) is 229 cm³/mol. The molecule has 55 heavy (non-hydrogen) atoms. The van der Waals surface area contributed by atoms with Crippen LogP contribution in [0.5, 0.6) is 0 Å². The molecule has 5 heterocycles. The molecule has 2 aliphatic heterocycles. The number of rotatable bonds is 10. The van der Waals surface area contributed by atoms with Gasteiger partial charge in [-0.05, 0) is 96.4 Å². The van der Waals surface area contributed by atoms with Gasteiger partial charge < -0.3 is 9.97 Å². The Morgan fingerprint density at radius 1 is 0.509 bits per heavy atom. The third-order valence-electron chi connectivity index (χ3n) is 10.5. The number of aromatic nitrogens is 4. The van der Waals surface area contributed by atoms with Crippen molar-refractivity contribution >= 4 is 46.4 Å². The molecule has 264 valence electrons. The van der Waals surface area contributed by atoms with Crippen LogP contribution in [0.2, 0.25) is 0 Å². The summed E-state index contributed by atoms with van der Waals surface area (Å²) in [6.45, 7) is 16.5. The molecule has 3 aromatic carbocycles. The van der Waals surface area contributed by atoms with Crippen molar-refractivity contribution in [1.82, 2.24) is 19.9 Å². The van der Waals surface area contributed by atoms with Crippen LogP contribution < -0.4 is 9.97 Å². The first kappa shape index (κ1) is 37.4. The minimum atomic E-state index is -0.156. The minimum absolute atomic E-state index is 0. The molecule has 0 fully saturated rings. The van der Waals surface area contributed by atoms with Crippen LogP contribution in [-0.4, -0.2) is 9.97 Å². The number of hydrogen-bond acceptors (Lipinski definition) is 2. The fraction of sp³-hybridized carbons (Fsp3) is 0.120. The second-order valence-corrected chi connectivity index (χ2v) is 14.3. The van der Waals surface area contributed by atoms with E-state index in [2.05, 4.69) is 155 Å². The maximum Gasteiger partial charge on any atom is 2.00 e. The molecule has 0 atom stereocenters. The zero-order chi connectivity index (χ0) is 37.2. The molecule has 6 aromatic rings. The Balaban J connectivity index is 0.00000465. The van der Waals surface area contributed by atoms with Crippen LogP contribution in [0.4, 0.5) is 0 Å². The second-order valence-electron chi connectivity index (χ2n) is 14.3. The first-order chi connectivity index (χ1) is 26.4. The molecule has 0 unspecified atom stereocenters. The number of hydrogen-bond donors (Lipinski definition) is 0. The van der Waals surface area contributed by atoms with E-state index in [9.17, 15) is 0 Å². The standard InChI is InChI=1S/C50H42N4.Zn/c1-6-29-50(30-7-2,31-8-3)38-19-17-37(18-20-38)49-45-27-25-43(53-45)47(35-13-9-33(4)10-14-35)41-23-21-39(51-41)32-40-22-24-42(52-40)48(44-26-28-46(49)54-44)36-15-11-34(5)12-16-36;/h6-28,32H,1-3,29-31H2,4-5H3;/q-2;+2. The van der Waals surface area contributed by atoms with Gasteiger partial charge in [-0.2, -0.15) is 0 Å². The number of benzene rings is 3. The minimum Gasteiger partial charge on any atom is -0.657 e. The summed E-state index contributed by atoms with van der Waals surface area (Å²) in [4.78, 5) is 21.0. The van der Waals surface area contributed by atoms with Crippen LogP contribution in [0.1, 0.15) is 58.7 Å². The summed E-state index contributed by atoms with van der Waals surface area (Å²) in [7, 11) is 0. The van der Waals surface area contributed by atoms with Crippen molar-refractivity contribution in [2.75, 3.05) is 0 Å². The van der Waals surface area contributed by atoms with Crippen molar-refractivity contribution in [2.45, 2.75) is 38.5 Å². The summed E-state index contributed by atoms with van der Waals surface area (Å²) in [5.41, 5.74) is 16.4. The van der Waals surface area contributed by atoms with Gasteiger partial charge in [0.05, 0.1) is 22.8 Å². The average molecular weight is 764 g/mol. The normalized spacial score (nSPS) is 12.0. The van der Waals surface area contributed by atoms with Gasteiger partial charge in [-0.3, -0.25) is 0 Å². The first-order valence-corrected chi connectivity index (χ1v) is 18.5. The Labute approximate surface area is 336 Å². The monoisotopic (exact) mass is 762 g/mol. The Morgan fingerprint density at radius 2 is 0.927 bits per heavy atom. The first-order valence-electron chi connectivity index (χ1n) is 18.5. The van der Waals surface area contributed by atoms with Gasteiger partial charge in [0.1, 0.15) is 0 Å². The molecule has 0 saturated carbocycles. The molecule has 0 aliphatic carbocycles. The molecule has 3 aromatic heterocycles. The van der Waals surface area contributed by atoms with Gasteiger partial charge in [0, 0.05) is 5.41 Å². The van der Waals surface area contributed by atoms with Gasteiger partial charge in [-0.15, -0.1) is 41.8 Å². The van der Waals surface area contributed by atoms with Gasteiger partial charge in [0.2, 0.25) is 0 Å². The molecule has 0 radical (unpaired) electrons. The van der Waals surface area contributed by atoms with Crippen molar-refractivity contribution in [3.8, 4) is 33.4 Å². The number of nitrogens with zero attached hydrogens (tertiary/aromatic N) is 4. The molecule has 4 nitrogen and oxygen atoms in total. The van der Waals surface area contributed by atoms with E-state index in [1.807, 2.05) is 24.3 Å². The van der Waals surface area contributed by atoms with Crippen LogP contribution >= 0.6 is 0 Å². The molecule has 2 aliphatic rings. The van der Waals surface area contributed by atoms with Crippen molar-refractivity contribution in [1.29, 1.82) is 0 Å². The van der Waals surface area contributed by atoms with E-state index in [1.165, 1.54) is 16.7 Å². The van der Waals surface area contributed by atoms with E-state index in [0.29, 0.717) is 0 Å². The smallest absolute Gasteiger partial charge is 0.657 e. The van der Waals surface area contributed by atoms with E-state index < -0.39 is 0 Å². The maximum atomic E-state index is 5.38. The van der Waals surface area contributed by atoms with Gasteiger partial charge in [0.25, 0.3) is 0 Å². The van der Waals surface area contributed by atoms with Gasteiger partial charge >= 0.3 is 19.5 Å². The van der Waals surface area contributed by atoms with Crippen LogP contribution in [0.15, 0.2) is 141 Å². The van der Waals surface area contributed by atoms with E-state index in [-0.39, 0.29) is 24.9 Å². The molecule has 8 rings (SSSR count). The summed E-state index contributed by atoms with van der Waals surface area (Å²) in [5.74, 6) is 0. The SMILES string of the molecule is C=CCC(CC=C)(CC=C)c1ccc(-c2c3nc(c(-c4ccc(C)cc4)c4ccc(cc5nc(c(-c6ccc(C)cc6)c6ccc2[n-]6)C=C5)[n-]4)C=C3)cc1.[Zn+2]. The topological polar surface area (TPSA) is 54.0 Å². The van der Waals surface area contributed by atoms with Crippen molar-refractivity contribution < 1.29 is 19.5 Å². The number of aryl methyl sites for hydroxylation is 2. The Bertz CT molecular complexity index is 2560. The van der Waals surface area contributed by atoms with Gasteiger partial charge in [-0.1, -0.05) is 132 Å². The van der Waals surface area contributed by atoms with Crippen LogP contribution in [0.25, 0.3) is 79.8 Å². The molecular weight excluding hydrogens is 722 g/mol. The average Bonchev–Trinajstić information content (AvgIpc) is 4.01. The summed E-state index contributed by atoms with van der Waals surface area (Å²) in [5, 5.41) is 0. The zero-order valence-corrected chi connectivity index (χ0v) is 34.6. The third kappa shape index (κ3) is 7.33. The van der Waals surface area contributed by atoms with Crippen molar-refractivity contribution in [3.63, 3.8) is 0 Å². The van der Waals surface area contributed by atoms with E-state index in [1.54, 1.807) is 0 Å².